The van der Waals surface area contributed by atoms with E-state index in [1.54, 1.807) is 29.7 Å². The van der Waals surface area contributed by atoms with Gasteiger partial charge >= 0.3 is 5.76 Å². The molecular weight excluding hydrogens is 380 g/mol. The van der Waals surface area contributed by atoms with Crippen LogP contribution in [0.5, 0.6) is 0 Å². The number of piperidine rings is 1. The smallest absolute Gasteiger partial charge is 0.408 e. The molecule has 0 N–H and O–H groups in total. The van der Waals surface area contributed by atoms with Crippen molar-refractivity contribution in [3.8, 4) is 0 Å². The van der Waals surface area contributed by atoms with Crippen LogP contribution in [0.15, 0.2) is 44.7 Å². The van der Waals surface area contributed by atoms with Crippen molar-refractivity contribution in [2.75, 3.05) is 6.54 Å². The van der Waals surface area contributed by atoms with E-state index >= 15 is 0 Å². The highest BCUT2D eigenvalue weighted by Crippen LogP contribution is 2.29. The molecule has 0 bridgehead atoms. The molecule has 1 aliphatic rings. The second-order valence-electron chi connectivity index (χ2n) is 7.28. The SMILES string of the molecule is Cc1nccn1CCC1CCCCN1S(=O)(=O)c1ccc2c(c1)oc(=O)n2C. The molecule has 8 nitrogen and oxygen atoms in total. The Balaban J connectivity index is 1.62. The number of aromatic nitrogens is 3. The minimum absolute atomic E-state index is 0.0565. The fourth-order valence-electron chi connectivity index (χ4n) is 3.92. The lowest BCUT2D eigenvalue weighted by Gasteiger charge is -2.35. The van der Waals surface area contributed by atoms with Gasteiger partial charge < -0.3 is 8.98 Å². The van der Waals surface area contributed by atoms with E-state index in [0.29, 0.717) is 12.1 Å². The summed E-state index contributed by atoms with van der Waals surface area (Å²) in [7, 11) is -2.07. The number of imidazole rings is 1. The molecule has 9 heteroatoms. The van der Waals surface area contributed by atoms with Gasteiger partial charge in [-0.1, -0.05) is 6.42 Å². The van der Waals surface area contributed by atoms with E-state index in [2.05, 4.69) is 4.98 Å². The Bertz CT molecular complexity index is 1160. The highest BCUT2D eigenvalue weighted by molar-refractivity contribution is 7.89. The van der Waals surface area contributed by atoms with Crippen LogP contribution < -0.4 is 5.76 Å². The maximum Gasteiger partial charge on any atom is 0.419 e. The summed E-state index contributed by atoms with van der Waals surface area (Å²) in [5.41, 5.74) is 0.867. The van der Waals surface area contributed by atoms with Crippen LogP contribution >= 0.6 is 0 Å². The van der Waals surface area contributed by atoms with Crippen LogP contribution in [0.4, 0.5) is 0 Å². The highest BCUT2D eigenvalue weighted by atomic mass is 32.2. The number of rotatable bonds is 5. The largest absolute Gasteiger partial charge is 0.419 e. The quantitative estimate of drug-likeness (QED) is 0.651. The molecule has 150 valence electrons. The Hall–Kier alpha value is -2.39. The van der Waals surface area contributed by atoms with Gasteiger partial charge in [0, 0.05) is 44.6 Å². The average Bonchev–Trinajstić information content (AvgIpc) is 3.22. The molecule has 4 rings (SSSR count). The Morgan fingerprint density at radius 1 is 1.29 bits per heavy atom. The lowest BCUT2D eigenvalue weighted by molar-refractivity contribution is 0.233. The van der Waals surface area contributed by atoms with Gasteiger partial charge in [-0.3, -0.25) is 4.57 Å². The van der Waals surface area contributed by atoms with Crippen molar-refractivity contribution < 1.29 is 12.8 Å². The summed E-state index contributed by atoms with van der Waals surface area (Å²) in [4.78, 5) is 16.1. The number of hydrogen-bond acceptors (Lipinski definition) is 5. The minimum Gasteiger partial charge on any atom is -0.408 e. The maximum absolute atomic E-state index is 13.3. The van der Waals surface area contributed by atoms with E-state index in [-0.39, 0.29) is 16.5 Å². The number of sulfonamides is 1. The molecule has 3 aromatic rings. The van der Waals surface area contributed by atoms with Gasteiger partial charge in [-0.25, -0.2) is 18.2 Å². The Labute approximate surface area is 163 Å². The van der Waals surface area contributed by atoms with Crippen molar-refractivity contribution >= 4 is 21.1 Å². The van der Waals surface area contributed by atoms with E-state index in [1.807, 2.05) is 17.7 Å². The molecule has 1 saturated heterocycles. The molecule has 1 aromatic carbocycles. The molecule has 2 aromatic heterocycles. The summed E-state index contributed by atoms with van der Waals surface area (Å²) >= 11 is 0. The average molecular weight is 404 g/mol. The Morgan fingerprint density at radius 2 is 2.11 bits per heavy atom. The van der Waals surface area contributed by atoms with E-state index in [1.165, 1.54) is 10.6 Å². The summed E-state index contributed by atoms with van der Waals surface area (Å²) < 4.78 is 36.9. The van der Waals surface area contributed by atoms with Crippen molar-refractivity contribution in [2.24, 2.45) is 7.05 Å². The van der Waals surface area contributed by atoms with Gasteiger partial charge in [0.25, 0.3) is 0 Å². The summed E-state index contributed by atoms with van der Waals surface area (Å²) in [5.74, 6) is 0.422. The van der Waals surface area contributed by atoms with Crippen LogP contribution in [0.3, 0.4) is 0 Å². The molecule has 28 heavy (non-hydrogen) atoms. The second kappa shape index (κ2) is 7.21. The molecule has 0 aliphatic carbocycles. The number of fused-ring (bicyclic) bond motifs is 1. The summed E-state index contributed by atoms with van der Waals surface area (Å²) in [5, 5.41) is 0. The summed E-state index contributed by atoms with van der Waals surface area (Å²) in [6.07, 6.45) is 7.12. The lowest BCUT2D eigenvalue weighted by atomic mass is 10.0. The number of oxazole rings is 1. The lowest BCUT2D eigenvalue weighted by Crippen LogP contribution is -2.44. The third kappa shape index (κ3) is 3.29. The molecule has 3 heterocycles. The third-order valence-electron chi connectivity index (χ3n) is 5.57. The minimum atomic E-state index is -3.67. The van der Waals surface area contributed by atoms with Crippen molar-refractivity contribution in [3.63, 3.8) is 0 Å². The molecule has 0 spiro atoms. The number of nitrogens with zero attached hydrogens (tertiary/aromatic N) is 4. The van der Waals surface area contributed by atoms with Crippen molar-refractivity contribution in [1.29, 1.82) is 0 Å². The molecule has 0 saturated carbocycles. The first-order chi connectivity index (χ1) is 13.4. The van der Waals surface area contributed by atoms with Crippen LogP contribution in [0.1, 0.15) is 31.5 Å². The van der Waals surface area contributed by atoms with Gasteiger partial charge in [0.15, 0.2) is 5.58 Å². The van der Waals surface area contributed by atoms with Gasteiger partial charge in [0.1, 0.15) is 5.82 Å². The van der Waals surface area contributed by atoms with E-state index in [0.717, 1.165) is 38.1 Å². The zero-order valence-electron chi connectivity index (χ0n) is 16.0. The van der Waals surface area contributed by atoms with Gasteiger partial charge in [-0.2, -0.15) is 4.31 Å². The Morgan fingerprint density at radius 3 is 2.86 bits per heavy atom. The molecule has 1 aliphatic heterocycles. The summed E-state index contributed by atoms with van der Waals surface area (Å²) in [6.45, 7) is 3.18. The standard InChI is InChI=1S/C19H24N4O4S/c1-14-20-9-12-22(14)11-8-15-5-3-4-10-23(15)28(25,26)16-6-7-17-18(13-16)27-19(24)21(17)2/h6-7,9,12-13,15H,3-5,8,10-11H2,1-2H3. The van der Waals surface area contributed by atoms with Crippen LogP contribution in [-0.4, -0.2) is 39.4 Å². The molecule has 0 radical (unpaired) electrons. The topological polar surface area (TPSA) is 90.3 Å². The number of hydrogen-bond donors (Lipinski definition) is 0. The normalized spacial score (nSPS) is 18.7. The molecule has 1 unspecified atom stereocenters. The number of benzene rings is 1. The van der Waals surface area contributed by atoms with Gasteiger partial charge in [0.2, 0.25) is 10.0 Å². The molecule has 0 amide bonds. The van der Waals surface area contributed by atoms with Gasteiger partial charge in [-0.15, -0.1) is 0 Å². The van der Waals surface area contributed by atoms with E-state index < -0.39 is 15.8 Å². The van der Waals surface area contributed by atoms with Gasteiger partial charge in [-0.05, 0) is 38.3 Å². The first-order valence-electron chi connectivity index (χ1n) is 9.47. The zero-order valence-corrected chi connectivity index (χ0v) is 16.9. The second-order valence-corrected chi connectivity index (χ2v) is 9.17. The van der Waals surface area contributed by atoms with Crippen molar-refractivity contribution in [1.82, 2.24) is 18.4 Å². The highest BCUT2D eigenvalue weighted by Gasteiger charge is 2.33. The Kier molecular flexibility index (Phi) is 4.88. The monoisotopic (exact) mass is 404 g/mol. The predicted molar refractivity (Wildman–Crippen MR) is 105 cm³/mol. The summed E-state index contributed by atoms with van der Waals surface area (Å²) in [6, 6.07) is 4.58. The molecule has 1 fully saturated rings. The van der Waals surface area contributed by atoms with Crippen LogP contribution in [0.25, 0.3) is 11.1 Å². The number of aryl methyl sites for hydroxylation is 3. The third-order valence-corrected chi connectivity index (χ3v) is 7.52. The molecular formula is C19H24N4O4S. The van der Waals surface area contributed by atoms with Crippen molar-refractivity contribution in [2.45, 2.75) is 50.1 Å². The van der Waals surface area contributed by atoms with E-state index in [9.17, 15) is 13.2 Å². The first-order valence-corrected chi connectivity index (χ1v) is 10.9. The van der Waals surface area contributed by atoms with Crippen LogP contribution in [-0.2, 0) is 23.6 Å². The van der Waals surface area contributed by atoms with Crippen molar-refractivity contribution in [3.05, 3.63) is 47.0 Å². The maximum atomic E-state index is 13.3. The van der Waals surface area contributed by atoms with E-state index in [4.69, 9.17) is 4.42 Å². The van der Waals surface area contributed by atoms with Gasteiger partial charge in [0.05, 0.1) is 10.4 Å². The van der Waals surface area contributed by atoms with Crippen LogP contribution in [0, 0.1) is 6.92 Å². The fraction of sp³-hybridized carbons (Fsp3) is 0.474. The molecule has 1 atom stereocenters. The van der Waals surface area contributed by atoms with Crippen LogP contribution in [0.2, 0.25) is 0 Å². The fourth-order valence-corrected chi connectivity index (χ4v) is 5.66. The predicted octanol–water partition coefficient (Wildman–Crippen LogP) is 2.27. The zero-order chi connectivity index (χ0) is 19.9. The first kappa shape index (κ1) is 18.9.